The summed E-state index contributed by atoms with van der Waals surface area (Å²) in [5.74, 6) is -2.91. The maximum atomic E-state index is 13.0. The predicted molar refractivity (Wildman–Crippen MR) is 116 cm³/mol. The van der Waals surface area contributed by atoms with Crippen molar-refractivity contribution >= 4 is 22.8 Å². The number of pyridine rings is 1. The first kappa shape index (κ1) is 26.5. The fourth-order valence-electron chi connectivity index (χ4n) is 2.70. The number of phenols is 1. The summed E-state index contributed by atoms with van der Waals surface area (Å²) in [5.41, 5.74) is 1.05. The number of aromatic hydroxyl groups is 1. The molecule has 1 aromatic heterocycles. The second-order valence-electron chi connectivity index (χ2n) is 6.29. The zero-order chi connectivity index (χ0) is 24.3. The van der Waals surface area contributed by atoms with Gasteiger partial charge < -0.3 is 25.2 Å². The molecule has 1 heterocycles. The highest BCUT2D eigenvalue weighted by atomic mass is 19.1. The van der Waals surface area contributed by atoms with Crippen LogP contribution in [0.5, 0.6) is 5.75 Å². The number of carboxylic acid groups (broad SMARTS) is 1. The summed E-state index contributed by atoms with van der Waals surface area (Å²) in [5, 5.41) is 35.1. The first-order valence-electron chi connectivity index (χ1n) is 9.66. The number of aromatic nitrogens is 1. The zero-order valence-electron chi connectivity index (χ0n) is 18.0. The molecule has 0 saturated carbocycles. The van der Waals surface area contributed by atoms with Crippen molar-refractivity contribution in [2.75, 3.05) is 20.3 Å². The van der Waals surface area contributed by atoms with Gasteiger partial charge >= 0.3 is 11.9 Å². The number of halogens is 1. The van der Waals surface area contributed by atoms with Gasteiger partial charge in [0.1, 0.15) is 16.9 Å². The Morgan fingerprint density at radius 1 is 1.00 bits per heavy atom. The lowest BCUT2D eigenvalue weighted by Crippen LogP contribution is -2.07. The molecule has 0 atom stereocenters. The summed E-state index contributed by atoms with van der Waals surface area (Å²) in [7, 11) is 1.13. The maximum Gasteiger partial charge on any atom is 0.341 e. The molecule has 0 unspecified atom stereocenters. The number of benzene rings is 2. The van der Waals surface area contributed by atoms with E-state index in [1.165, 1.54) is 18.3 Å². The molecule has 0 saturated heterocycles. The van der Waals surface area contributed by atoms with Gasteiger partial charge in [0.15, 0.2) is 5.75 Å². The normalized spacial score (nSPS) is 9.81. The van der Waals surface area contributed by atoms with Crippen LogP contribution in [0.1, 0.15) is 45.7 Å². The lowest BCUT2D eigenvalue weighted by atomic mass is 9.99. The highest BCUT2D eigenvalue weighted by Gasteiger charge is 2.21. The summed E-state index contributed by atoms with van der Waals surface area (Å²) >= 11 is 0. The number of carbonyl (C=O) groups is 2. The maximum absolute atomic E-state index is 13.0. The van der Waals surface area contributed by atoms with E-state index in [1.54, 1.807) is 32.0 Å². The quantitative estimate of drug-likeness (QED) is 0.448. The Hall–Kier alpha value is -3.56. The number of phenolic OH excluding ortho intramolecular Hbond substituents is 1. The number of esters is 1. The Balaban J connectivity index is 0.000000769. The van der Waals surface area contributed by atoms with Crippen LogP contribution >= 0.6 is 0 Å². The van der Waals surface area contributed by atoms with Crippen LogP contribution < -0.4 is 0 Å². The smallest absolute Gasteiger partial charge is 0.341 e. The number of hydrogen-bond donors (Lipinski definition) is 4. The minimum atomic E-state index is -1.26. The van der Waals surface area contributed by atoms with Gasteiger partial charge in [0.05, 0.1) is 12.7 Å². The number of nitrogens with zero attached hydrogens (tertiary/aromatic N) is 1. The fraction of sp³-hybridized carbons (Fsp3) is 0.261. The van der Waals surface area contributed by atoms with Crippen LogP contribution in [0.2, 0.25) is 0 Å². The number of carbonyl (C=O) groups excluding carboxylic acids is 1. The van der Waals surface area contributed by atoms with Crippen LogP contribution in [0.3, 0.4) is 0 Å². The molecular weight excluding hydrogens is 421 g/mol. The van der Waals surface area contributed by atoms with Crippen molar-refractivity contribution in [3.63, 3.8) is 0 Å². The Morgan fingerprint density at radius 3 is 2.06 bits per heavy atom. The van der Waals surface area contributed by atoms with Crippen LogP contribution in [0.4, 0.5) is 4.39 Å². The number of methoxy groups -OCH3 is 1. The molecule has 0 aliphatic carbocycles. The number of aliphatic hydroxyl groups excluding tert-OH is 2. The number of aromatic carboxylic acids is 1. The number of ether oxygens (including phenoxy) is 1. The topological polar surface area (TPSA) is 137 Å². The van der Waals surface area contributed by atoms with E-state index in [9.17, 15) is 24.2 Å². The number of aliphatic hydroxyl groups is 2. The summed E-state index contributed by atoms with van der Waals surface area (Å²) in [6.07, 6.45) is 1.87. The van der Waals surface area contributed by atoms with Crippen molar-refractivity contribution in [3.8, 4) is 5.75 Å². The third-order valence-electron chi connectivity index (χ3n) is 3.96. The molecule has 172 valence electrons. The Bertz CT molecular complexity index is 1050. The van der Waals surface area contributed by atoms with Crippen LogP contribution in [0, 0.1) is 5.82 Å². The first-order chi connectivity index (χ1) is 15.2. The molecule has 0 bridgehead atoms. The molecule has 0 amide bonds. The van der Waals surface area contributed by atoms with Crippen LogP contribution in [-0.4, -0.2) is 57.7 Å². The number of fused-ring (bicyclic) bond motifs is 1. The van der Waals surface area contributed by atoms with Gasteiger partial charge in [-0.05, 0) is 55.7 Å². The molecule has 9 heteroatoms. The second-order valence-corrected chi connectivity index (χ2v) is 6.29. The van der Waals surface area contributed by atoms with Crippen molar-refractivity contribution in [3.05, 3.63) is 70.7 Å². The van der Waals surface area contributed by atoms with E-state index in [1.807, 2.05) is 0 Å². The minimum Gasteiger partial charge on any atom is -0.505 e. The number of hydrogen-bond acceptors (Lipinski definition) is 7. The molecule has 4 N–H and O–H groups in total. The van der Waals surface area contributed by atoms with E-state index in [0.717, 1.165) is 18.7 Å². The van der Waals surface area contributed by atoms with Crippen molar-refractivity contribution in [2.45, 2.75) is 20.3 Å². The van der Waals surface area contributed by atoms with Gasteiger partial charge in [0, 0.05) is 24.8 Å². The standard InChI is InChI=1S/C19H14FNO5.2C2H6O/c1-26-19(25)15-8-14(18(23)24)13-7-11(9-21-16(13)17(15)22)6-10-2-4-12(20)5-3-10;2*1-2-3/h2-5,7-9,22H,6H2,1H3,(H,23,24);2*3H,2H2,1H3. The van der Waals surface area contributed by atoms with Crippen molar-refractivity contribution < 1.29 is 39.1 Å². The van der Waals surface area contributed by atoms with Gasteiger partial charge in [-0.15, -0.1) is 0 Å². The highest BCUT2D eigenvalue weighted by molar-refractivity contribution is 6.09. The molecule has 0 spiro atoms. The van der Waals surface area contributed by atoms with E-state index < -0.39 is 17.7 Å². The molecule has 3 aromatic rings. The minimum absolute atomic E-state index is 0.00634. The highest BCUT2D eigenvalue weighted by Crippen LogP contribution is 2.32. The Labute approximate surface area is 184 Å². The molecule has 8 nitrogen and oxygen atoms in total. The van der Waals surface area contributed by atoms with E-state index in [2.05, 4.69) is 9.72 Å². The molecule has 0 aliphatic rings. The van der Waals surface area contributed by atoms with Crippen LogP contribution in [0.25, 0.3) is 10.9 Å². The molecule has 32 heavy (non-hydrogen) atoms. The van der Waals surface area contributed by atoms with E-state index >= 15 is 0 Å². The van der Waals surface area contributed by atoms with Gasteiger partial charge in [-0.2, -0.15) is 0 Å². The Morgan fingerprint density at radius 2 is 1.56 bits per heavy atom. The monoisotopic (exact) mass is 447 g/mol. The SMILES string of the molecule is CCO.CCO.COC(=O)c1cc(C(=O)O)c2cc(Cc3ccc(F)cc3)cnc2c1O. The average Bonchev–Trinajstić information content (AvgIpc) is 2.76. The van der Waals surface area contributed by atoms with Gasteiger partial charge in [0.25, 0.3) is 0 Å². The fourth-order valence-corrected chi connectivity index (χ4v) is 2.70. The average molecular weight is 447 g/mol. The summed E-state index contributed by atoms with van der Waals surface area (Å²) in [6.45, 7) is 3.86. The van der Waals surface area contributed by atoms with Crippen molar-refractivity contribution in [2.24, 2.45) is 0 Å². The molecule has 2 aromatic carbocycles. The van der Waals surface area contributed by atoms with E-state index in [-0.39, 0.29) is 41.1 Å². The first-order valence-corrected chi connectivity index (χ1v) is 9.66. The number of carboxylic acids is 1. The lowest BCUT2D eigenvalue weighted by molar-refractivity contribution is 0.0597. The third kappa shape index (κ3) is 7.00. The van der Waals surface area contributed by atoms with Crippen LogP contribution in [-0.2, 0) is 11.2 Å². The van der Waals surface area contributed by atoms with Crippen molar-refractivity contribution in [1.29, 1.82) is 0 Å². The predicted octanol–water partition coefficient (Wildman–Crippen LogP) is 3.15. The molecular formula is C23H26FNO7. The molecule has 0 aliphatic heterocycles. The Kier molecular flexibility index (Phi) is 10.7. The number of rotatable bonds is 4. The van der Waals surface area contributed by atoms with Crippen LogP contribution in [0.15, 0.2) is 42.6 Å². The van der Waals surface area contributed by atoms with Gasteiger partial charge in [0.2, 0.25) is 0 Å². The summed E-state index contributed by atoms with van der Waals surface area (Å²) in [4.78, 5) is 27.5. The van der Waals surface area contributed by atoms with Gasteiger partial charge in [-0.1, -0.05) is 12.1 Å². The van der Waals surface area contributed by atoms with E-state index in [0.29, 0.717) is 12.0 Å². The van der Waals surface area contributed by atoms with E-state index in [4.69, 9.17) is 10.2 Å². The van der Waals surface area contributed by atoms with Crippen molar-refractivity contribution in [1.82, 2.24) is 4.98 Å². The summed E-state index contributed by atoms with van der Waals surface area (Å²) < 4.78 is 17.6. The zero-order valence-corrected chi connectivity index (χ0v) is 18.0. The lowest BCUT2D eigenvalue weighted by Gasteiger charge is -2.10. The third-order valence-corrected chi connectivity index (χ3v) is 3.96. The van der Waals surface area contributed by atoms with Gasteiger partial charge in [-0.3, -0.25) is 4.98 Å². The summed E-state index contributed by atoms with van der Waals surface area (Å²) in [6, 6.07) is 8.55. The van der Waals surface area contributed by atoms with Gasteiger partial charge in [-0.25, -0.2) is 14.0 Å². The molecule has 0 radical (unpaired) electrons. The largest absolute Gasteiger partial charge is 0.505 e. The molecule has 3 rings (SSSR count). The second kappa shape index (κ2) is 13.0. The molecule has 0 fully saturated rings.